The molecule has 1 N–H and O–H groups in total. The van der Waals surface area contributed by atoms with E-state index in [4.69, 9.17) is 0 Å². The van der Waals surface area contributed by atoms with Crippen LogP contribution in [0, 0.1) is 6.92 Å². The van der Waals surface area contributed by atoms with Crippen molar-refractivity contribution >= 4 is 27.5 Å². The van der Waals surface area contributed by atoms with Crippen LogP contribution in [0.25, 0.3) is 27.5 Å². The fourth-order valence-electron chi connectivity index (χ4n) is 2.24. The highest BCUT2D eigenvalue weighted by atomic mass is 15.4. The van der Waals surface area contributed by atoms with Gasteiger partial charge in [0, 0.05) is 16.3 Å². The first-order valence-electron chi connectivity index (χ1n) is 5.42. The lowest BCUT2D eigenvalue weighted by Gasteiger charge is -1.94. The number of fused-ring (bicyclic) bond motifs is 5. The first-order valence-corrected chi connectivity index (χ1v) is 5.42. The van der Waals surface area contributed by atoms with E-state index in [0.717, 1.165) is 33.3 Å². The van der Waals surface area contributed by atoms with Crippen molar-refractivity contribution in [3.63, 3.8) is 0 Å². The van der Waals surface area contributed by atoms with E-state index in [0.29, 0.717) is 0 Å². The standard InChI is InChI=1S/C12H9N5/c1-7-15-16-12-11-9(6-13-17(7)12)8-4-2-3-5-10(8)14-11/h2-6,14H,1H3. The molecule has 5 nitrogen and oxygen atoms in total. The van der Waals surface area contributed by atoms with Gasteiger partial charge in [0.25, 0.3) is 0 Å². The molecule has 0 aliphatic carbocycles. The Kier molecular flexibility index (Phi) is 1.44. The predicted molar refractivity (Wildman–Crippen MR) is 64.9 cm³/mol. The Balaban J connectivity index is 2.34. The van der Waals surface area contributed by atoms with Gasteiger partial charge < -0.3 is 4.98 Å². The maximum absolute atomic E-state index is 4.36. The Morgan fingerprint density at radius 3 is 2.94 bits per heavy atom. The highest BCUT2D eigenvalue weighted by molar-refractivity contribution is 6.10. The minimum atomic E-state index is 0.774. The fraction of sp³-hybridized carbons (Fsp3) is 0.0833. The van der Waals surface area contributed by atoms with E-state index in [1.165, 1.54) is 0 Å². The molecule has 0 amide bonds. The number of H-pyrrole nitrogens is 1. The first-order chi connectivity index (χ1) is 8.34. The molecule has 0 radical (unpaired) electrons. The molecule has 0 fully saturated rings. The van der Waals surface area contributed by atoms with Crippen molar-refractivity contribution in [2.24, 2.45) is 0 Å². The normalized spacial score (nSPS) is 11.8. The first kappa shape index (κ1) is 8.69. The van der Waals surface area contributed by atoms with Crippen molar-refractivity contribution < 1.29 is 0 Å². The average Bonchev–Trinajstić information content (AvgIpc) is 2.90. The van der Waals surface area contributed by atoms with Gasteiger partial charge in [-0.3, -0.25) is 0 Å². The van der Waals surface area contributed by atoms with E-state index < -0.39 is 0 Å². The van der Waals surface area contributed by atoms with Crippen LogP contribution >= 0.6 is 0 Å². The summed E-state index contributed by atoms with van der Waals surface area (Å²) in [6.07, 6.45) is 1.86. The molecule has 1 aromatic carbocycles. The van der Waals surface area contributed by atoms with Crippen molar-refractivity contribution in [3.8, 4) is 0 Å². The summed E-state index contributed by atoms with van der Waals surface area (Å²) in [6, 6.07) is 8.16. The summed E-state index contributed by atoms with van der Waals surface area (Å²) >= 11 is 0. The smallest absolute Gasteiger partial charge is 0.201 e. The molecular formula is C12H9N5. The van der Waals surface area contributed by atoms with Crippen molar-refractivity contribution in [2.75, 3.05) is 0 Å². The molecule has 4 rings (SSSR count). The van der Waals surface area contributed by atoms with Crippen LogP contribution in [0.5, 0.6) is 0 Å². The number of hydrogen-bond acceptors (Lipinski definition) is 3. The number of para-hydroxylation sites is 1. The predicted octanol–water partition coefficient (Wildman–Crippen LogP) is 2.07. The number of aromatic amines is 1. The molecule has 0 bridgehead atoms. The zero-order valence-corrected chi connectivity index (χ0v) is 9.18. The van der Waals surface area contributed by atoms with Crippen molar-refractivity contribution in [3.05, 3.63) is 36.3 Å². The third-order valence-corrected chi connectivity index (χ3v) is 3.07. The van der Waals surface area contributed by atoms with Gasteiger partial charge in [-0.25, -0.2) is 0 Å². The highest BCUT2D eigenvalue weighted by Gasteiger charge is 2.11. The van der Waals surface area contributed by atoms with Crippen molar-refractivity contribution in [1.82, 2.24) is 24.8 Å². The zero-order valence-electron chi connectivity index (χ0n) is 9.18. The number of rotatable bonds is 0. The lowest BCUT2D eigenvalue weighted by molar-refractivity contribution is 0.881. The molecular weight excluding hydrogens is 214 g/mol. The van der Waals surface area contributed by atoms with E-state index in [2.05, 4.69) is 32.4 Å². The quantitative estimate of drug-likeness (QED) is 0.496. The van der Waals surface area contributed by atoms with Crippen LogP contribution in [0.15, 0.2) is 30.5 Å². The second kappa shape index (κ2) is 2.82. The molecule has 0 atom stereocenters. The maximum Gasteiger partial charge on any atom is 0.201 e. The molecule has 3 heterocycles. The van der Waals surface area contributed by atoms with Gasteiger partial charge in [-0.2, -0.15) is 9.61 Å². The molecule has 4 aromatic rings. The van der Waals surface area contributed by atoms with E-state index >= 15 is 0 Å². The van der Waals surface area contributed by atoms with Gasteiger partial charge in [-0.05, 0) is 13.0 Å². The van der Waals surface area contributed by atoms with Crippen LogP contribution in [-0.4, -0.2) is 24.8 Å². The summed E-state index contributed by atoms with van der Waals surface area (Å²) in [7, 11) is 0. The van der Waals surface area contributed by atoms with Gasteiger partial charge in [0.2, 0.25) is 5.65 Å². The topological polar surface area (TPSA) is 58.9 Å². The lowest BCUT2D eigenvalue weighted by Crippen LogP contribution is -1.93. The Morgan fingerprint density at radius 1 is 1.12 bits per heavy atom. The lowest BCUT2D eigenvalue weighted by atomic mass is 10.2. The average molecular weight is 223 g/mol. The third kappa shape index (κ3) is 1.00. The van der Waals surface area contributed by atoms with E-state index in [-0.39, 0.29) is 0 Å². The molecule has 0 aliphatic rings. The van der Waals surface area contributed by atoms with Gasteiger partial charge in [0.15, 0.2) is 5.82 Å². The van der Waals surface area contributed by atoms with Crippen LogP contribution in [0.3, 0.4) is 0 Å². The van der Waals surface area contributed by atoms with Crippen molar-refractivity contribution in [1.29, 1.82) is 0 Å². The molecule has 0 spiro atoms. The molecule has 0 saturated heterocycles. The van der Waals surface area contributed by atoms with E-state index in [1.807, 2.05) is 25.3 Å². The molecule has 0 unspecified atom stereocenters. The Labute approximate surface area is 96.1 Å². The van der Waals surface area contributed by atoms with Crippen LogP contribution < -0.4 is 0 Å². The molecule has 3 aromatic heterocycles. The largest absolute Gasteiger partial charge is 0.351 e. The summed E-state index contributed by atoms with van der Waals surface area (Å²) in [5.41, 5.74) is 2.86. The fourth-order valence-corrected chi connectivity index (χ4v) is 2.24. The van der Waals surface area contributed by atoms with Gasteiger partial charge in [0.05, 0.1) is 11.7 Å². The molecule has 0 saturated carbocycles. The summed E-state index contributed by atoms with van der Waals surface area (Å²) < 4.78 is 1.75. The Bertz CT molecular complexity index is 855. The summed E-state index contributed by atoms with van der Waals surface area (Å²) in [5, 5.41) is 14.8. The van der Waals surface area contributed by atoms with Gasteiger partial charge >= 0.3 is 0 Å². The summed E-state index contributed by atoms with van der Waals surface area (Å²) in [4.78, 5) is 3.37. The minimum Gasteiger partial charge on any atom is -0.351 e. The number of aromatic nitrogens is 5. The third-order valence-electron chi connectivity index (χ3n) is 3.07. The molecule has 5 heteroatoms. The van der Waals surface area contributed by atoms with Gasteiger partial charge in [-0.15, -0.1) is 10.2 Å². The summed E-state index contributed by atoms with van der Waals surface area (Å²) in [5.74, 6) is 0.792. The molecule has 17 heavy (non-hydrogen) atoms. The van der Waals surface area contributed by atoms with Crippen LogP contribution in [-0.2, 0) is 0 Å². The molecule has 0 aliphatic heterocycles. The monoisotopic (exact) mass is 223 g/mol. The second-order valence-electron chi connectivity index (χ2n) is 4.09. The minimum absolute atomic E-state index is 0.774. The number of aryl methyl sites for hydroxylation is 1. The maximum atomic E-state index is 4.36. The summed E-state index contributed by atoms with van der Waals surface area (Å²) in [6.45, 7) is 1.89. The van der Waals surface area contributed by atoms with E-state index in [1.54, 1.807) is 4.52 Å². The molecule has 82 valence electrons. The number of benzene rings is 1. The Morgan fingerprint density at radius 2 is 2.00 bits per heavy atom. The number of hydrogen-bond donors (Lipinski definition) is 1. The SMILES string of the molecule is Cc1nnc2c3[nH]c4ccccc4c3cnn12. The van der Waals surface area contributed by atoms with Gasteiger partial charge in [-0.1, -0.05) is 18.2 Å². The Hall–Kier alpha value is -2.43. The zero-order chi connectivity index (χ0) is 11.4. The highest BCUT2D eigenvalue weighted by Crippen LogP contribution is 2.26. The second-order valence-corrected chi connectivity index (χ2v) is 4.09. The number of nitrogens with one attached hydrogen (secondary N) is 1. The van der Waals surface area contributed by atoms with Crippen molar-refractivity contribution in [2.45, 2.75) is 6.92 Å². The van der Waals surface area contributed by atoms with Crippen LogP contribution in [0.1, 0.15) is 5.82 Å². The van der Waals surface area contributed by atoms with Crippen LogP contribution in [0.2, 0.25) is 0 Å². The van der Waals surface area contributed by atoms with E-state index in [9.17, 15) is 0 Å². The van der Waals surface area contributed by atoms with Crippen LogP contribution in [0.4, 0.5) is 0 Å². The van der Waals surface area contributed by atoms with Gasteiger partial charge in [0.1, 0.15) is 0 Å². The number of nitrogens with zero attached hydrogens (tertiary/aromatic N) is 4.